The molecule has 0 radical (unpaired) electrons. The first kappa shape index (κ1) is 17.1. The Bertz CT molecular complexity index is 782. The zero-order valence-electron chi connectivity index (χ0n) is 16.4. The molecule has 5 heteroatoms. The van der Waals surface area contributed by atoms with Crippen LogP contribution in [-0.4, -0.2) is 52.0 Å². The van der Waals surface area contributed by atoms with E-state index in [9.17, 15) is 20.2 Å². The highest BCUT2D eigenvalue weighted by atomic mass is 16.5. The lowest BCUT2D eigenvalue weighted by Gasteiger charge is -2.68. The fourth-order valence-electron chi connectivity index (χ4n) is 10.1. The molecule has 2 spiro atoms. The fourth-order valence-corrected chi connectivity index (χ4v) is 10.1. The summed E-state index contributed by atoms with van der Waals surface area (Å²) < 4.78 is -0.245. The first-order valence-corrected chi connectivity index (χ1v) is 10.8. The summed E-state index contributed by atoms with van der Waals surface area (Å²) in [5, 5.41) is 37.0. The molecule has 1 heterocycles. The molecule has 5 nitrogen and oxygen atoms in total. The van der Waals surface area contributed by atoms with Crippen LogP contribution in [-0.2, 0) is 4.79 Å². The Balaban J connectivity index is 1.64. The van der Waals surface area contributed by atoms with Gasteiger partial charge in [-0.2, -0.15) is 0 Å². The Hall–Kier alpha value is -0.750. The smallest absolute Gasteiger partial charge is 0.140 e. The minimum atomic E-state index is -0.699. The predicted octanol–water partition coefficient (Wildman–Crippen LogP) is 2.01. The standard InChI is InChI=1S/C22H31NO4/c1-4-23(27)10-20(3)6-5-17(25)22-15(20)7-13(18(22)23)21-9-12(11(2)19(21)26)14(24)8-16(21)22/h12-13,15-19,25-26H,2,4-10H2,1,3H3/t12?,13?,15?,16?,17-,18?,19+,20-,21+,22+,23?/m0/s1. The molecule has 5 aliphatic carbocycles. The summed E-state index contributed by atoms with van der Waals surface area (Å²) in [7, 11) is 0. The summed E-state index contributed by atoms with van der Waals surface area (Å²) in [4.78, 5) is 13.0. The number of ketones is 1. The van der Waals surface area contributed by atoms with E-state index >= 15 is 0 Å². The van der Waals surface area contributed by atoms with Crippen LogP contribution in [0.25, 0.3) is 0 Å². The highest BCUT2D eigenvalue weighted by molar-refractivity contribution is 5.87. The lowest BCUT2D eigenvalue weighted by Crippen LogP contribution is -2.73. The van der Waals surface area contributed by atoms with Crippen molar-refractivity contribution in [3.8, 4) is 0 Å². The molecule has 6 unspecified atom stereocenters. The van der Waals surface area contributed by atoms with Gasteiger partial charge in [0.25, 0.3) is 0 Å². The second kappa shape index (κ2) is 4.53. The third-order valence-electron chi connectivity index (χ3n) is 10.7. The number of likely N-dealkylation sites (tertiary alicyclic amines) is 1. The first-order chi connectivity index (χ1) is 12.7. The van der Waals surface area contributed by atoms with Crippen molar-refractivity contribution in [2.45, 2.75) is 64.2 Å². The van der Waals surface area contributed by atoms with E-state index in [4.69, 9.17) is 0 Å². The number of aliphatic hydroxyl groups excluding tert-OH is 2. The summed E-state index contributed by atoms with van der Waals surface area (Å²) >= 11 is 0. The van der Waals surface area contributed by atoms with Gasteiger partial charge in [-0.3, -0.25) is 4.79 Å². The lowest BCUT2D eigenvalue weighted by molar-refractivity contribution is -0.927. The van der Waals surface area contributed by atoms with Crippen molar-refractivity contribution in [2.24, 2.45) is 39.9 Å². The average Bonchev–Trinajstić information content (AvgIpc) is 3.17. The van der Waals surface area contributed by atoms with Gasteiger partial charge in [0.2, 0.25) is 0 Å². The molecule has 0 aromatic rings. The number of nitrogens with zero attached hydrogens (tertiary/aromatic N) is 1. The van der Waals surface area contributed by atoms with E-state index in [1.54, 1.807) is 0 Å². The third kappa shape index (κ3) is 1.44. The number of hydrogen-bond donors (Lipinski definition) is 2. The average molecular weight is 373 g/mol. The van der Waals surface area contributed by atoms with Crippen molar-refractivity contribution >= 4 is 5.78 Å². The number of carbonyl (C=O) groups excluding carboxylic acids is 1. The number of hydroxylamine groups is 3. The van der Waals surface area contributed by atoms with Crippen LogP contribution in [0.3, 0.4) is 0 Å². The Morgan fingerprint density at radius 1 is 1.33 bits per heavy atom. The number of quaternary nitrogens is 1. The molecule has 0 aromatic carbocycles. The Morgan fingerprint density at radius 3 is 2.78 bits per heavy atom. The van der Waals surface area contributed by atoms with Crippen LogP contribution in [0.15, 0.2) is 12.2 Å². The summed E-state index contributed by atoms with van der Waals surface area (Å²) in [6.45, 7) is 9.47. The maximum atomic E-state index is 14.2. The molecule has 1 saturated heterocycles. The van der Waals surface area contributed by atoms with Crippen molar-refractivity contribution in [1.29, 1.82) is 0 Å². The molecule has 7 bridgehead atoms. The molecule has 0 aromatic heterocycles. The predicted molar refractivity (Wildman–Crippen MR) is 99.0 cm³/mol. The quantitative estimate of drug-likeness (QED) is 0.419. The van der Waals surface area contributed by atoms with Crippen LogP contribution in [0.1, 0.15) is 46.0 Å². The number of carbonyl (C=O) groups is 1. The van der Waals surface area contributed by atoms with Crippen molar-refractivity contribution in [3.05, 3.63) is 17.4 Å². The van der Waals surface area contributed by atoms with Gasteiger partial charge in [0.1, 0.15) is 11.8 Å². The number of aliphatic hydroxyl groups is 2. The molecule has 27 heavy (non-hydrogen) atoms. The number of Topliss-reactive ketones (excluding diaryl/α,β-unsaturated/α-hetero) is 1. The molecule has 6 fully saturated rings. The minimum Gasteiger partial charge on any atom is -0.633 e. The van der Waals surface area contributed by atoms with Gasteiger partial charge in [-0.1, -0.05) is 13.5 Å². The summed E-state index contributed by atoms with van der Waals surface area (Å²) in [5.74, 6) is 0.275. The van der Waals surface area contributed by atoms with Crippen molar-refractivity contribution < 1.29 is 19.7 Å². The summed E-state index contributed by atoms with van der Waals surface area (Å²) in [6, 6.07) is -0.173. The Labute approximate surface area is 160 Å². The van der Waals surface area contributed by atoms with Crippen LogP contribution in [0.5, 0.6) is 0 Å². The molecule has 1 aliphatic heterocycles. The number of hydrogen-bond acceptors (Lipinski definition) is 4. The van der Waals surface area contributed by atoms with Crippen LogP contribution >= 0.6 is 0 Å². The van der Waals surface area contributed by atoms with Crippen LogP contribution < -0.4 is 0 Å². The van der Waals surface area contributed by atoms with Crippen molar-refractivity contribution in [1.82, 2.24) is 0 Å². The topological polar surface area (TPSA) is 80.6 Å². The molecule has 11 atom stereocenters. The van der Waals surface area contributed by atoms with Gasteiger partial charge in [-0.15, -0.1) is 0 Å². The maximum Gasteiger partial charge on any atom is 0.140 e. The Kier molecular flexibility index (Phi) is 2.88. The van der Waals surface area contributed by atoms with Gasteiger partial charge < -0.3 is 20.1 Å². The van der Waals surface area contributed by atoms with Gasteiger partial charge in [0.15, 0.2) is 0 Å². The van der Waals surface area contributed by atoms with Crippen molar-refractivity contribution in [2.75, 3.05) is 13.1 Å². The number of rotatable bonds is 1. The van der Waals surface area contributed by atoms with E-state index < -0.39 is 23.0 Å². The minimum absolute atomic E-state index is 0.0651. The van der Waals surface area contributed by atoms with Gasteiger partial charge in [0.05, 0.1) is 30.7 Å². The van der Waals surface area contributed by atoms with E-state index in [-0.39, 0.29) is 39.6 Å². The van der Waals surface area contributed by atoms with Crippen LogP contribution in [0.4, 0.5) is 0 Å². The molecule has 6 aliphatic rings. The molecule has 6 rings (SSSR count). The fraction of sp³-hybridized carbons (Fsp3) is 0.864. The maximum absolute atomic E-state index is 14.2. The van der Waals surface area contributed by atoms with E-state index in [0.29, 0.717) is 37.4 Å². The largest absolute Gasteiger partial charge is 0.633 e. The summed E-state index contributed by atoms with van der Waals surface area (Å²) in [5.41, 5.74) is -0.303. The molecular formula is C22H31NO4. The molecule has 0 amide bonds. The molecule has 5 saturated carbocycles. The van der Waals surface area contributed by atoms with E-state index in [0.717, 1.165) is 19.3 Å². The monoisotopic (exact) mass is 373 g/mol. The van der Waals surface area contributed by atoms with Gasteiger partial charge >= 0.3 is 0 Å². The van der Waals surface area contributed by atoms with E-state index in [1.165, 1.54) is 0 Å². The zero-order valence-corrected chi connectivity index (χ0v) is 16.4. The molecule has 148 valence electrons. The summed E-state index contributed by atoms with van der Waals surface area (Å²) in [6.07, 6.45) is 2.40. The van der Waals surface area contributed by atoms with Gasteiger partial charge in [-0.25, -0.2) is 0 Å². The third-order valence-corrected chi connectivity index (χ3v) is 10.7. The Morgan fingerprint density at radius 2 is 2.07 bits per heavy atom. The van der Waals surface area contributed by atoms with Crippen LogP contribution in [0, 0.1) is 45.1 Å². The van der Waals surface area contributed by atoms with E-state index in [1.807, 2.05) is 6.92 Å². The highest BCUT2D eigenvalue weighted by Gasteiger charge is 2.88. The number of fused-ring (bicyclic) bond motifs is 1. The second-order valence-corrected chi connectivity index (χ2v) is 11.0. The molecular weight excluding hydrogens is 342 g/mol. The first-order valence-electron chi connectivity index (χ1n) is 10.8. The van der Waals surface area contributed by atoms with E-state index in [2.05, 4.69) is 13.5 Å². The normalized spacial score (nSPS) is 65.6. The van der Waals surface area contributed by atoms with Gasteiger partial charge in [0, 0.05) is 29.1 Å². The second-order valence-electron chi connectivity index (χ2n) is 11.0. The van der Waals surface area contributed by atoms with Gasteiger partial charge in [-0.05, 0) is 50.0 Å². The molecule has 2 N–H and O–H groups in total. The SMILES string of the molecule is C=C1C2C[C@]3(C4CC5[C@@]6(C)CC[C@H](O)[C@@]5(C3CC2=O)C4[N+]([O-])(CC)C6)[C@@H]1O. The lowest BCUT2D eigenvalue weighted by atomic mass is 9.43. The highest BCUT2D eigenvalue weighted by Crippen LogP contribution is 2.84. The van der Waals surface area contributed by atoms with Crippen LogP contribution in [0.2, 0.25) is 0 Å². The van der Waals surface area contributed by atoms with Crippen molar-refractivity contribution in [3.63, 3.8) is 0 Å². The number of piperidine rings is 1. The zero-order chi connectivity index (χ0) is 19.1.